The van der Waals surface area contributed by atoms with Crippen LogP contribution < -0.4 is 10.1 Å². The number of methoxy groups -OCH3 is 1. The number of nitrogens with zero attached hydrogens (tertiary/aromatic N) is 2. The number of carbonyl (C=O) groups is 1. The van der Waals surface area contributed by atoms with Crippen molar-refractivity contribution >= 4 is 11.6 Å². The number of benzene rings is 2. The number of anilines is 1. The minimum atomic E-state index is -0.376. The Bertz CT molecular complexity index is 1010. The molecule has 0 spiro atoms. The molecule has 1 saturated heterocycles. The second-order valence-electron chi connectivity index (χ2n) is 7.95. The Morgan fingerprint density at radius 2 is 1.93 bits per heavy atom. The van der Waals surface area contributed by atoms with Crippen molar-refractivity contribution in [2.24, 2.45) is 7.05 Å². The molecule has 0 aliphatic carbocycles. The van der Waals surface area contributed by atoms with E-state index in [1.165, 1.54) is 5.69 Å². The van der Waals surface area contributed by atoms with Crippen LogP contribution in [0.3, 0.4) is 0 Å². The molecular weight excluding hydrogens is 374 g/mol. The second-order valence-corrected chi connectivity index (χ2v) is 7.95. The summed E-state index contributed by atoms with van der Waals surface area (Å²) >= 11 is 0. The molecule has 5 heteroatoms. The highest BCUT2D eigenvalue weighted by atomic mass is 16.5. The van der Waals surface area contributed by atoms with Crippen LogP contribution in [0.15, 0.2) is 66.9 Å². The van der Waals surface area contributed by atoms with Crippen LogP contribution in [-0.2, 0) is 11.8 Å². The number of hydrogen-bond acceptors (Lipinski definition) is 3. The molecule has 2 aromatic carbocycles. The van der Waals surface area contributed by atoms with E-state index in [9.17, 15) is 4.79 Å². The number of aromatic nitrogens is 1. The molecule has 3 aromatic rings. The largest absolute Gasteiger partial charge is 0.495 e. The number of rotatable bonds is 6. The second kappa shape index (κ2) is 8.76. The topological polar surface area (TPSA) is 46.5 Å². The minimum absolute atomic E-state index is 0.0359. The van der Waals surface area contributed by atoms with E-state index in [1.807, 2.05) is 55.5 Å². The highest BCUT2D eigenvalue weighted by molar-refractivity contribution is 5.97. The molecule has 1 amide bonds. The van der Waals surface area contributed by atoms with Gasteiger partial charge in [-0.2, -0.15) is 0 Å². The smallest absolute Gasteiger partial charge is 0.246 e. The lowest BCUT2D eigenvalue weighted by Gasteiger charge is -2.33. The molecule has 1 fully saturated rings. The molecule has 0 bridgehead atoms. The summed E-state index contributed by atoms with van der Waals surface area (Å²) < 4.78 is 7.64. The third kappa shape index (κ3) is 3.98. The Balaban J connectivity index is 1.70. The third-order valence-corrected chi connectivity index (χ3v) is 5.93. The summed E-state index contributed by atoms with van der Waals surface area (Å²) in [6.45, 7) is 2.89. The van der Waals surface area contributed by atoms with Crippen molar-refractivity contribution in [3.05, 3.63) is 83.7 Å². The van der Waals surface area contributed by atoms with Gasteiger partial charge in [-0.05, 0) is 61.7 Å². The number of nitrogens with one attached hydrogen (secondary N) is 1. The zero-order chi connectivity index (χ0) is 21.1. The van der Waals surface area contributed by atoms with Crippen molar-refractivity contribution in [3.63, 3.8) is 0 Å². The summed E-state index contributed by atoms with van der Waals surface area (Å²) in [4.78, 5) is 16.0. The van der Waals surface area contributed by atoms with Crippen molar-refractivity contribution in [1.29, 1.82) is 0 Å². The first-order valence-corrected chi connectivity index (χ1v) is 10.5. The van der Waals surface area contributed by atoms with Crippen LogP contribution in [0.1, 0.15) is 41.7 Å². The van der Waals surface area contributed by atoms with Crippen LogP contribution in [0.25, 0.3) is 0 Å². The van der Waals surface area contributed by atoms with Gasteiger partial charge in [0.1, 0.15) is 11.8 Å². The highest BCUT2D eigenvalue weighted by Crippen LogP contribution is 2.39. The first-order chi connectivity index (χ1) is 14.6. The maximum absolute atomic E-state index is 13.7. The number of likely N-dealkylation sites (tertiary alicyclic amines) is 1. The van der Waals surface area contributed by atoms with Crippen LogP contribution in [0.4, 0.5) is 5.69 Å². The predicted octanol–water partition coefficient (Wildman–Crippen LogP) is 4.86. The van der Waals surface area contributed by atoms with E-state index < -0.39 is 0 Å². The molecule has 0 radical (unpaired) electrons. The average Bonchev–Trinajstić information content (AvgIpc) is 3.38. The Labute approximate surface area is 178 Å². The van der Waals surface area contributed by atoms with Crippen LogP contribution in [0.5, 0.6) is 5.75 Å². The van der Waals surface area contributed by atoms with Gasteiger partial charge in [0.15, 0.2) is 0 Å². The van der Waals surface area contributed by atoms with Gasteiger partial charge >= 0.3 is 0 Å². The minimum Gasteiger partial charge on any atom is -0.495 e. The van der Waals surface area contributed by atoms with E-state index in [0.717, 1.165) is 30.5 Å². The number of aryl methyl sites for hydroxylation is 2. The van der Waals surface area contributed by atoms with Crippen molar-refractivity contribution in [1.82, 2.24) is 9.47 Å². The predicted molar refractivity (Wildman–Crippen MR) is 120 cm³/mol. The van der Waals surface area contributed by atoms with Crippen molar-refractivity contribution in [2.75, 3.05) is 19.0 Å². The summed E-state index contributed by atoms with van der Waals surface area (Å²) in [7, 11) is 3.70. The lowest BCUT2D eigenvalue weighted by atomic mass is 10.0. The van der Waals surface area contributed by atoms with E-state index >= 15 is 0 Å². The van der Waals surface area contributed by atoms with Crippen LogP contribution in [0, 0.1) is 6.92 Å². The van der Waals surface area contributed by atoms with E-state index in [2.05, 4.69) is 40.2 Å². The summed E-state index contributed by atoms with van der Waals surface area (Å²) in [5.41, 5.74) is 4.03. The molecule has 156 valence electrons. The Hall–Kier alpha value is -3.05. The first-order valence-electron chi connectivity index (χ1n) is 10.5. The van der Waals surface area contributed by atoms with Gasteiger partial charge in [-0.3, -0.25) is 9.69 Å². The quantitative estimate of drug-likeness (QED) is 0.639. The molecule has 2 atom stereocenters. The lowest BCUT2D eigenvalue weighted by molar-refractivity contribution is -0.122. The molecule has 30 heavy (non-hydrogen) atoms. The van der Waals surface area contributed by atoms with E-state index in [-0.39, 0.29) is 18.0 Å². The number of hydrogen-bond donors (Lipinski definition) is 1. The Kier molecular flexibility index (Phi) is 5.91. The van der Waals surface area contributed by atoms with Crippen LogP contribution in [-0.4, -0.2) is 29.0 Å². The number of carbonyl (C=O) groups excluding carboxylic acids is 1. The average molecular weight is 404 g/mol. The van der Waals surface area contributed by atoms with E-state index in [0.29, 0.717) is 11.4 Å². The van der Waals surface area contributed by atoms with Crippen molar-refractivity contribution < 1.29 is 9.53 Å². The van der Waals surface area contributed by atoms with E-state index in [1.54, 1.807) is 7.11 Å². The lowest BCUT2D eigenvalue weighted by Crippen LogP contribution is -2.37. The molecule has 2 heterocycles. The first kappa shape index (κ1) is 20.2. The summed E-state index contributed by atoms with van der Waals surface area (Å²) in [6.07, 6.45) is 4.18. The summed E-state index contributed by atoms with van der Waals surface area (Å²) in [5.74, 6) is 0.632. The molecule has 0 unspecified atom stereocenters. The van der Waals surface area contributed by atoms with Gasteiger partial charge < -0.3 is 14.6 Å². The summed E-state index contributed by atoms with van der Waals surface area (Å²) in [6, 6.07) is 20.0. The fourth-order valence-electron chi connectivity index (χ4n) is 4.49. The van der Waals surface area contributed by atoms with Gasteiger partial charge in [-0.1, -0.05) is 36.4 Å². The van der Waals surface area contributed by atoms with Crippen molar-refractivity contribution in [3.8, 4) is 5.75 Å². The molecule has 4 rings (SSSR count). The van der Waals surface area contributed by atoms with Gasteiger partial charge in [-0.25, -0.2) is 0 Å². The van der Waals surface area contributed by atoms with Gasteiger partial charge in [0, 0.05) is 18.9 Å². The molecule has 0 saturated carbocycles. The van der Waals surface area contributed by atoms with Crippen LogP contribution >= 0.6 is 0 Å². The molecule has 1 aliphatic rings. The number of ether oxygens (including phenoxy) is 1. The summed E-state index contributed by atoms with van der Waals surface area (Å²) in [5, 5.41) is 3.15. The van der Waals surface area contributed by atoms with Crippen LogP contribution in [0.2, 0.25) is 0 Å². The zero-order valence-electron chi connectivity index (χ0n) is 17.8. The maximum atomic E-state index is 13.7. The monoisotopic (exact) mass is 403 g/mol. The fourth-order valence-corrected chi connectivity index (χ4v) is 4.49. The normalized spacial score (nSPS) is 17.6. The zero-order valence-corrected chi connectivity index (χ0v) is 17.8. The number of amides is 1. The molecule has 1 aliphatic heterocycles. The molecule has 1 N–H and O–H groups in total. The molecule has 1 aromatic heterocycles. The molecule has 5 nitrogen and oxygen atoms in total. The Morgan fingerprint density at radius 3 is 2.63 bits per heavy atom. The standard InChI is InChI=1S/C25H29N3O2/c1-18-13-14-23(30-3)20(17-18)26-25(29)24(19-9-5-4-6-10-19)28-16-8-12-22(28)21-11-7-15-27(21)2/h4-7,9-11,13-15,17,22,24H,8,12,16H2,1-3H3,(H,26,29)/t22-,24+/m0/s1. The highest BCUT2D eigenvalue weighted by Gasteiger charge is 2.37. The van der Waals surface area contributed by atoms with E-state index in [4.69, 9.17) is 4.74 Å². The van der Waals surface area contributed by atoms with Gasteiger partial charge in [0.05, 0.1) is 18.8 Å². The van der Waals surface area contributed by atoms with Gasteiger partial charge in [0.25, 0.3) is 0 Å². The van der Waals surface area contributed by atoms with Crippen molar-refractivity contribution in [2.45, 2.75) is 31.8 Å². The third-order valence-electron chi connectivity index (χ3n) is 5.93. The Morgan fingerprint density at radius 1 is 1.13 bits per heavy atom. The fraction of sp³-hybridized carbons (Fsp3) is 0.320. The van der Waals surface area contributed by atoms with Gasteiger partial charge in [-0.15, -0.1) is 0 Å². The maximum Gasteiger partial charge on any atom is 0.246 e. The van der Waals surface area contributed by atoms with Gasteiger partial charge in [0.2, 0.25) is 5.91 Å². The SMILES string of the molecule is COc1ccc(C)cc1NC(=O)[C@@H](c1ccccc1)N1CCC[C@H]1c1cccn1C. The molecular formula is C25H29N3O2.